The molecule has 0 aromatic carbocycles. The molecule has 0 radical (unpaired) electrons. The Morgan fingerprint density at radius 2 is 2.27 bits per heavy atom. The average molecular weight is 211 g/mol. The molecule has 0 spiro atoms. The summed E-state index contributed by atoms with van der Waals surface area (Å²) in [5.41, 5.74) is 0. The summed E-state index contributed by atoms with van der Waals surface area (Å²) in [6.45, 7) is 5.26. The van der Waals surface area contributed by atoms with Crippen LogP contribution in [0.1, 0.15) is 19.3 Å². The Morgan fingerprint density at radius 3 is 2.87 bits per heavy atom. The number of rotatable bonds is 4. The molecule has 2 heterocycles. The van der Waals surface area contributed by atoms with Crippen LogP contribution in [0.2, 0.25) is 0 Å². The fourth-order valence-electron chi connectivity index (χ4n) is 2.47. The molecule has 2 rings (SSSR count). The maximum Gasteiger partial charge on any atom is 0.222 e. The maximum atomic E-state index is 11.4. The van der Waals surface area contributed by atoms with E-state index in [-0.39, 0.29) is 0 Å². The lowest BCUT2D eigenvalue weighted by molar-refractivity contribution is -0.127. The van der Waals surface area contributed by atoms with E-state index in [2.05, 4.69) is 10.2 Å². The van der Waals surface area contributed by atoms with Gasteiger partial charge < -0.3 is 10.2 Å². The van der Waals surface area contributed by atoms with Crippen LogP contribution in [0.5, 0.6) is 0 Å². The molecule has 4 heteroatoms. The molecule has 2 saturated heterocycles. The minimum atomic E-state index is 0.347. The predicted octanol–water partition coefficient (Wildman–Crippen LogP) is -0.0975. The second-order valence-corrected chi connectivity index (χ2v) is 4.56. The molecule has 2 aliphatic rings. The van der Waals surface area contributed by atoms with Gasteiger partial charge in [-0.2, -0.15) is 0 Å². The van der Waals surface area contributed by atoms with Crippen LogP contribution < -0.4 is 5.32 Å². The van der Waals surface area contributed by atoms with Crippen molar-refractivity contribution < 1.29 is 4.79 Å². The highest BCUT2D eigenvalue weighted by atomic mass is 16.2. The van der Waals surface area contributed by atoms with Crippen molar-refractivity contribution in [2.24, 2.45) is 0 Å². The lowest BCUT2D eigenvalue weighted by Crippen LogP contribution is -2.36. The van der Waals surface area contributed by atoms with Crippen molar-refractivity contribution in [1.82, 2.24) is 15.1 Å². The van der Waals surface area contributed by atoms with E-state index in [0.717, 1.165) is 39.0 Å². The second kappa shape index (κ2) is 4.94. The van der Waals surface area contributed by atoms with E-state index < -0.39 is 0 Å². The zero-order valence-electron chi connectivity index (χ0n) is 9.54. The third-order valence-corrected chi connectivity index (χ3v) is 3.54. The second-order valence-electron chi connectivity index (χ2n) is 4.56. The van der Waals surface area contributed by atoms with E-state index in [1.54, 1.807) is 0 Å². The molecular weight excluding hydrogens is 190 g/mol. The molecule has 86 valence electrons. The Balaban J connectivity index is 1.68. The third-order valence-electron chi connectivity index (χ3n) is 3.54. The summed E-state index contributed by atoms with van der Waals surface area (Å²) in [5, 5.41) is 3.31. The van der Waals surface area contributed by atoms with Crippen molar-refractivity contribution in [3.63, 3.8) is 0 Å². The van der Waals surface area contributed by atoms with Crippen LogP contribution >= 0.6 is 0 Å². The van der Waals surface area contributed by atoms with Gasteiger partial charge in [0, 0.05) is 38.6 Å². The van der Waals surface area contributed by atoms with Gasteiger partial charge in [0.1, 0.15) is 0 Å². The lowest BCUT2D eigenvalue weighted by atomic mass is 10.3. The topological polar surface area (TPSA) is 35.6 Å². The predicted molar refractivity (Wildman–Crippen MR) is 59.7 cm³/mol. The van der Waals surface area contributed by atoms with Crippen LogP contribution in [0.4, 0.5) is 0 Å². The van der Waals surface area contributed by atoms with Gasteiger partial charge in [-0.05, 0) is 26.4 Å². The van der Waals surface area contributed by atoms with Crippen LogP contribution in [0.3, 0.4) is 0 Å². The molecule has 4 nitrogen and oxygen atoms in total. The van der Waals surface area contributed by atoms with Crippen molar-refractivity contribution in [2.45, 2.75) is 25.3 Å². The van der Waals surface area contributed by atoms with Crippen LogP contribution in [-0.2, 0) is 4.79 Å². The van der Waals surface area contributed by atoms with Crippen molar-refractivity contribution in [1.29, 1.82) is 0 Å². The van der Waals surface area contributed by atoms with E-state index in [1.807, 2.05) is 11.9 Å². The normalized spacial score (nSPS) is 27.9. The van der Waals surface area contributed by atoms with E-state index in [0.29, 0.717) is 11.9 Å². The fraction of sp³-hybridized carbons (Fsp3) is 0.909. The Morgan fingerprint density at radius 1 is 1.40 bits per heavy atom. The number of carbonyl (C=O) groups is 1. The third kappa shape index (κ3) is 2.69. The minimum Gasteiger partial charge on any atom is -0.341 e. The molecule has 0 aromatic rings. The molecule has 0 aromatic heterocycles. The Labute approximate surface area is 91.6 Å². The lowest BCUT2D eigenvalue weighted by Gasteiger charge is -2.21. The number of hydrogen-bond donors (Lipinski definition) is 1. The van der Waals surface area contributed by atoms with Gasteiger partial charge in [0.25, 0.3) is 0 Å². The number of carbonyl (C=O) groups excluding carboxylic acids is 1. The standard InChI is InChI=1S/C11H21N3O/c1-12-10-4-6-13(9-10)7-8-14-5-2-3-11(14)15/h10,12H,2-9H2,1H3. The van der Waals surface area contributed by atoms with E-state index in [9.17, 15) is 4.79 Å². The molecule has 0 bridgehead atoms. The average Bonchev–Trinajstić information content (AvgIpc) is 2.84. The summed E-state index contributed by atoms with van der Waals surface area (Å²) in [5.74, 6) is 0.347. The van der Waals surface area contributed by atoms with Crippen LogP contribution in [-0.4, -0.2) is 61.5 Å². The quantitative estimate of drug-likeness (QED) is 0.705. The van der Waals surface area contributed by atoms with Crippen LogP contribution in [0.25, 0.3) is 0 Å². The fourth-order valence-corrected chi connectivity index (χ4v) is 2.47. The number of hydrogen-bond acceptors (Lipinski definition) is 3. The van der Waals surface area contributed by atoms with Crippen LogP contribution in [0, 0.1) is 0 Å². The zero-order chi connectivity index (χ0) is 10.7. The van der Waals surface area contributed by atoms with Gasteiger partial charge in [0.05, 0.1) is 0 Å². The van der Waals surface area contributed by atoms with Crippen molar-refractivity contribution >= 4 is 5.91 Å². The van der Waals surface area contributed by atoms with Crippen molar-refractivity contribution in [2.75, 3.05) is 39.8 Å². The first-order valence-electron chi connectivity index (χ1n) is 5.97. The first kappa shape index (κ1) is 10.9. The van der Waals surface area contributed by atoms with Gasteiger partial charge in [-0.1, -0.05) is 0 Å². The van der Waals surface area contributed by atoms with Gasteiger partial charge in [-0.15, -0.1) is 0 Å². The first-order chi connectivity index (χ1) is 7.29. The summed E-state index contributed by atoms with van der Waals surface area (Å²) in [7, 11) is 2.03. The zero-order valence-corrected chi connectivity index (χ0v) is 9.54. The summed E-state index contributed by atoms with van der Waals surface area (Å²) < 4.78 is 0. The smallest absolute Gasteiger partial charge is 0.222 e. The highest BCUT2D eigenvalue weighted by Gasteiger charge is 2.23. The monoisotopic (exact) mass is 211 g/mol. The van der Waals surface area contributed by atoms with Crippen LogP contribution in [0.15, 0.2) is 0 Å². The molecule has 0 saturated carbocycles. The number of amides is 1. The molecule has 1 atom stereocenters. The molecule has 2 aliphatic heterocycles. The van der Waals surface area contributed by atoms with Gasteiger partial charge in [-0.3, -0.25) is 9.69 Å². The number of likely N-dealkylation sites (N-methyl/N-ethyl adjacent to an activating group) is 1. The van der Waals surface area contributed by atoms with Crippen molar-refractivity contribution in [3.8, 4) is 0 Å². The van der Waals surface area contributed by atoms with Gasteiger partial charge >= 0.3 is 0 Å². The molecule has 0 aliphatic carbocycles. The molecule has 1 amide bonds. The summed E-state index contributed by atoms with van der Waals surface area (Å²) >= 11 is 0. The van der Waals surface area contributed by atoms with Gasteiger partial charge in [-0.25, -0.2) is 0 Å². The highest BCUT2D eigenvalue weighted by molar-refractivity contribution is 5.78. The largest absolute Gasteiger partial charge is 0.341 e. The molecule has 1 unspecified atom stereocenters. The maximum absolute atomic E-state index is 11.4. The molecular formula is C11H21N3O. The number of nitrogens with zero attached hydrogens (tertiary/aromatic N) is 2. The minimum absolute atomic E-state index is 0.347. The Kier molecular flexibility index (Phi) is 3.59. The molecule has 2 fully saturated rings. The molecule has 15 heavy (non-hydrogen) atoms. The van der Waals surface area contributed by atoms with E-state index in [4.69, 9.17) is 0 Å². The van der Waals surface area contributed by atoms with E-state index in [1.165, 1.54) is 13.0 Å². The summed E-state index contributed by atoms with van der Waals surface area (Å²) in [4.78, 5) is 15.9. The van der Waals surface area contributed by atoms with E-state index >= 15 is 0 Å². The van der Waals surface area contributed by atoms with Gasteiger partial charge in [0.15, 0.2) is 0 Å². The Bertz CT molecular complexity index is 232. The SMILES string of the molecule is CNC1CCN(CCN2CCCC2=O)C1. The summed E-state index contributed by atoms with van der Waals surface area (Å²) in [6, 6.07) is 0.652. The molecule has 1 N–H and O–H groups in total. The Hall–Kier alpha value is -0.610. The summed E-state index contributed by atoms with van der Waals surface area (Å²) in [6.07, 6.45) is 3.06. The highest BCUT2D eigenvalue weighted by Crippen LogP contribution is 2.11. The van der Waals surface area contributed by atoms with Crippen molar-refractivity contribution in [3.05, 3.63) is 0 Å². The van der Waals surface area contributed by atoms with Gasteiger partial charge in [0.2, 0.25) is 5.91 Å². The first-order valence-corrected chi connectivity index (χ1v) is 5.97. The number of nitrogens with one attached hydrogen (secondary N) is 1. The number of likely N-dealkylation sites (tertiary alicyclic amines) is 2.